The summed E-state index contributed by atoms with van der Waals surface area (Å²) >= 11 is 3.25. The van der Waals surface area contributed by atoms with Crippen LogP contribution in [0.25, 0.3) is 0 Å². The fourth-order valence-corrected chi connectivity index (χ4v) is 1.70. The number of halogens is 1. The minimum absolute atomic E-state index is 0.0816. The molecule has 2 rings (SSSR count). The van der Waals surface area contributed by atoms with Crippen molar-refractivity contribution in [1.82, 2.24) is 0 Å². The van der Waals surface area contributed by atoms with Gasteiger partial charge in [-0.2, -0.15) is 0 Å². The first kappa shape index (κ1) is 11.1. The summed E-state index contributed by atoms with van der Waals surface area (Å²) in [5, 5.41) is 0. The molecular weight excluding hydrogens is 276 g/mol. The average molecular weight is 285 g/mol. The van der Waals surface area contributed by atoms with E-state index in [1.54, 1.807) is 18.2 Å². The molecule has 0 aliphatic carbocycles. The molecule has 84 valence electrons. The van der Waals surface area contributed by atoms with Gasteiger partial charge in [0.2, 0.25) is 0 Å². The summed E-state index contributed by atoms with van der Waals surface area (Å²) in [5.41, 5.74) is 6.64. The van der Waals surface area contributed by atoms with Crippen LogP contribution < -0.4 is 10.6 Å². The zero-order valence-electron chi connectivity index (χ0n) is 8.27. The lowest BCUT2D eigenvalue weighted by molar-refractivity contribution is -0.138. The molecule has 0 bridgehead atoms. The molecule has 1 heterocycles. The van der Waals surface area contributed by atoms with Gasteiger partial charge in [0.15, 0.2) is 0 Å². The number of carbonyl (C=O) groups is 2. The first-order valence-corrected chi connectivity index (χ1v) is 5.37. The summed E-state index contributed by atoms with van der Waals surface area (Å²) in [7, 11) is 0. The Kier molecular flexibility index (Phi) is 2.93. The summed E-state index contributed by atoms with van der Waals surface area (Å²) in [6.45, 7) is -0.163. The van der Waals surface area contributed by atoms with Crippen molar-refractivity contribution in [1.29, 1.82) is 0 Å². The Hall–Kier alpha value is -1.40. The first-order valence-electron chi connectivity index (χ1n) is 4.58. The normalized spacial score (nSPS) is 16.7. The highest BCUT2D eigenvalue weighted by molar-refractivity contribution is 9.10. The van der Waals surface area contributed by atoms with E-state index in [0.717, 1.165) is 9.37 Å². The van der Waals surface area contributed by atoms with Crippen LogP contribution in [0.3, 0.4) is 0 Å². The van der Waals surface area contributed by atoms with Gasteiger partial charge in [0, 0.05) is 10.2 Å². The maximum absolute atomic E-state index is 11.5. The molecule has 1 saturated heterocycles. The fourth-order valence-electron chi connectivity index (χ4n) is 1.45. The third kappa shape index (κ3) is 1.94. The Morgan fingerprint density at radius 3 is 2.44 bits per heavy atom. The van der Waals surface area contributed by atoms with E-state index in [2.05, 4.69) is 15.9 Å². The number of benzene rings is 1. The third-order valence-electron chi connectivity index (χ3n) is 2.19. The molecule has 0 radical (unpaired) electrons. The Bertz CT molecular complexity index is 445. The van der Waals surface area contributed by atoms with Gasteiger partial charge in [-0.3, -0.25) is 9.59 Å². The zero-order valence-corrected chi connectivity index (χ0v) is 9.86. The summed E-state index contributed by atoms with van der Waals surface area (Å²) in [4.78, 5) is 24.1. The summed E-state index contributed by atoms with van der Waals surface area (Å²) in [5.74, 6) is -0.754. The van der Waals surface area contributed by atoms with Gasteiger partial charge in [-0.25, -0.2) is 4.90 Å². The van der Waals surface area contributed by atoms with Crippen LogP contribution >= 0.6 is 15.9 Å². The van der Waals surface area contributed by atoms with E-state index in [9.17, 15) is 9.59 Å². The topological polar surface area (TPSA) is 72.6 Å². The molecule has 5 nitrogen and oxygen atoms in total. The second-order valence-electron chi connectivity index (χ2n) is 3.32. The number of hydrogen-bond donors (Lipinski definition) is 1. The highest BCUT2D eigenvalue weighted by Crippen LogP contribution is 2.26. The van der Waals surface area contributed by atoms with Crippen LogP contribution in [0.5, 0.6) is 0 Å². The van der Waals surface area contributed by atoms with E-state index in [4.69, 9.17) is 10.5 Å². The number of ether oxygens (including phenoxy) is 1. The van der Waals surface area contributed by atoms with Crippen molar-refractivity contribution in [2.24, 2.45) is 0 Å². The Balaban J connectivity index is 2.38. The van der Waals surface area contributed by atoms with Gasteiger partial charge in [-0.15, -0.1) is 0 Å². The number of imide groups is 1. The predicted molar refractivity (Wildman–Crippen MR) is 61.9 cm³/mol. The number of nitrogens with zero attached hydrogens (tertiary/aromatic N) is 1. The van der Waals surface area contributed by atoms with E-state index in [-0.39, 0.29) is 25.0 Å². The van der Waals surface area contributed by atoms with Crippen LogP contribution in [0.1, 0.15) is 0 Å². The van der Waals surface area contributed by atoms with Crippen molar-refractivity contribution < 1.29 is 14.3 Å². The fraction of sp³-hybridized carbons (Fsp3) is 0.200. The molecule has 1 aliphatic heterocycles. The highest BCUT2D eigenvalue weighted by atomic mass is 79.9. The Morgan fingerprint density at radius 2 is 1.88 bits per heavy atom. The minimum Gasteiger partial charge on any atom is -0.398 e. The monoisotopic (exact) mass is 284 g/mol. The summed E-state index contributed by atoms with van der Waals surface area (Å²) in [6, 6.07) is 4.92. The number of carbonyl (C=O) groups excluding carboxylic acids is 2. The summed E-state index contributed by atoms with van der Waals surface area (Å²) in [6.07, 6.45) is 0. The van der Waals surface area contributed by atoms with E-state index in [0.29, 0.717) is 11.4 Å². The molecule has 1 aliphatic rings. The first-order chi connectivity index (χ1) is 7.59. The standard InChI is InChI=1S/C10H9BrN2O3/c11-7-2-1-6(3-8(7)12)13-9(14)4-16-5-10(13)15/h1-3H,4-5,12H2. The molecule has 2 N–H and O–H groups in total. The van der Waals surface area contributed by atoms with E-state index in [1.807, 2.05) is 0 Å². The number of nitrogen functional groups attached to an aromatic ring is 1. The molecule has 2 amide bonds. The predicted octanol–water partition coefficient (Wildman–Crippen LogP) is 0.921. The van der Waals surface area contributed by atoms with Gasteiger partial charge in [-0.1, -0.05) is 0 Å². The van der Waals surface area contributed by atoms with Crippen LogP contribution in [0, 0.1) is 0 Å². The van der Waals surface area contributed by atoms with Gasteiger partial charge in [0.25, 0.3) is 11.8 Å². The highest BCUT2D eigenvalue weighted by Gasteiger charge is 2.28. The van der Waals surface area contributed by atoms with Gasteiger partial charge in [-0.05, 0) is 34.1 Å². The van der Waals surface area contributed by atoms with Crippen molar-refractivity contribution in [3.05, 3.63) is 22.7 Å². The third-order valence-corrected chi connectivity index (χ3v) is 2.91. The van der Waals surface area contributed by atoms with Crippen molar-refractivity contribution in [3.63, 3.8) is 0 Å². The molecule has 1 aromatic rings. The largest absolute Gasteiger partial charge is 0.398 e. The van der Waals surface area contributed by atoms with Crippen LogP contribution in [0.15, 0.2) is 22.7 Å². The number of amides is 2. The second-order valence-corrected chi connectivity index (χ2v) is 4.18. The molecule has 0 spiro atoms. The lowest BCUT2D eigenvalue weighted by Gasteiger charge is -2.25. The molecule has 1 aromatic carbocycles. The van der Waals surface area contributed by atoms with Crippen LogP contribution in [-0.2, 0) is 14.3 Å². The molecule has 0 saturated carbocycles. The average Bonchev–Trinajstić information content (AvgIpc) is 2.23. The number of morpholine rings is 1. The van der Waals surface area contributed by atoms with Crippen molar-refractivity contribution >= 4 is 39.1 Å². The Morgan fingerprint density at radius 1 is 1.25 bits per heavy atom. The number of hydrogen-bond acceptors (Lipinski definition) is 4. The van der Waals surface area contributed by atoms with E-state index < -0.39 is 0 Å². The lowest BCUT2D eigenvalue weighted by atomic mass is 10.2. The molecule has 1 fully saturated rings. The van der Waals surface area contributed by atoms with Crippen molar-refractivity contribution in [3.8, 4) is 0 Å². The molecule has 0 unspecified atom stereocenters. The number of rotatable bonds is 1. The maximum atomic E-state index is 11.5. The summed E-state index contributed by atoms with van der Waals surface area (Å²) < 4.78 is 5.54. The smallest absolute Gasteiger partial charge is 0.259 e. The number of anilines is 2. The SMILES string of the molecule is Nc1cc(N2C(=O)COCC2=O)ccc1Br. The van der Waals surface area contributed by atoms with Crippen molar-refractivity contribution in [2.75, 3.05) is 23.8 Å². The second kappa shape index (κ2) is 4.23. The molecular formula is C10H9BrN2O3. The Labute approximate surface area is 100 Å². The minimum atomic E-state index is -0.377. The van der Waals surface area contributed by atoms with Crippen LogP contribution in [0.2, 0.25) is 0 Å². The van der Waals surface area contributed by atoms with Crippen LogP contribution in [-0.4, -0.2) is 25.0 Å². The number of nitrogens with two attached hydrogens (primary N) is 1. The van der Waals surface area contributed by atoms with E-state index in [1.165, 1.54) is 0 Å². The van der Waals surface area contributed by atoms with Crippen LogP contribution in [0.4, 0.5) is 11.4 Å². The molecule has 0 aromatic heterocycles. The van der Waals surface area contributed by atoms with Gasteiger partial charge >= 0.3 is 0 Å². The quantitative estimate of drug-likeness (QED) is 0.615. The lowest BCUT2D eigenvalue weighted by Crippen LogP contribution is -2.46. The van der Waals surface area contributed by atoms with Gasteiger partial charge in [0.05, 0.1) is 5.69 Å². The van der Waals surface area contributed by atoms with Gasteiger partial charge in [0.1, 0.15) is 13.2 Å². The molecule has 0 atom stereocenters. The molecule has 6 heteroatoms. The molecule has 16 heavy (non-hydrogen) atoms. The van der Waals surface area contributed by atoms with Gasteiger partial charge < -0.3 is 10.5 Å². The maximum Gasteiger partial charge on any atom is 0.259 e. The zero-order chi connectivity index (χ0) is 11.7. The van der Waals surface area contributed by atoms with E-state index >= 15 is 0 Å². The van der Waals surface area contributed by atoms with Crippen molar-refractivity contribution in [2.45, 2.75) is 0 Å².